The molecule has 162 valence electrons. The summed E-state index contributed by atoms with van der Waals surface area (Å²) in [5.74, 6) is -2.24. The zero-order valence-corrected chi connectivity index (χ0v) is 17.7. The van der Waals surface area contributed by atoms with E-state index in [2.05, 4.69) is 10.6 Å². The van der Waals surface area contributed by atoms with Crippen molar-refractivity contribution in [1.29, 1.82) is 0 Å². The highest BCUT2D eigenvalue weighted by molar-refractivity contribution is 6.03. The van der Waals surface area contributed by atoms with Crippen LogP contribution in [-0.4, -0.2) is 37.0 Å². The second-order valence-corrected chi connectivity index (χ2v) is 7.67. The number of benzene rings is 2. The Kier molecular flexibility index (Phi) is 6.69. The Bertz CT molecular complexity index is 1020. The summed E-state index contributed by atoms with van der Waals surface area (Å²) in [6.07, 6.45) is 0.0154. The fourth-order valence-electron chi connectivity index (χ4n) is 3.36. The Balaban J connectivity index is 1.46. The SMILES string of the molecule is Cc1ccc(N2C[C@H](C(=O)OCC(=O)NC(=O)Nc3ccc(C)cc3C)CC2=O)cc1. The van der Waals surface area contributed by atoms with Crippen LogP contribution in [0.4, 0.5) is 16.2 Å². The summed E-state index contributed by atoms with van der Waals surface area (Å²) in [5.41, 5.74) is 4.27. The molecule has 0 saturated carbocycles. The van der Waals surface area contributed by atoms with Crippen LogP contribution < -0.4 is 15.5 Å². The summed E-state index contributed by atoms with van der Waals surface area (Å²) in [6, 6.07) is 12.2. The number of nitrogens with one attached hydrogen (secondary N) is 2. The smallest absolute Gasteiger partial charge is 0.325 e. The lowest BCUT2D eigenvalue weighted by molar-refractivity contribution is -0.152. The molecule has 0 aliphatic carbocycles. The largest absolute Gasteiger partial charge is 0.455 e. The van der Waals surface area contributed by atoms with Gasteiger partial charge in [-0.25, -0.2) is 4.79 Å². The molecule has 1 heterocycles. The Labute approximate surface area is 180 Å². The quantitative estimate of drug-likeness (QED) is 0.720. The fourth-order valence-corrected chi connectivity index (χ4v) is 3.36. The summed E-state index contributed by atoms with van der Waals surface area (Å²) in [4.78, 5) is 50.0. The first-order chi connectivity index (χ1) is 14.7. The van der Waals surface area contributed by atoms with Crippen LogP contribution in [0.1, 0.15) is 23.1 Å². The van der Waals surface area contributed by atoms with E-state index in [0.29, 0.717) is 11.4 Å². The molecule has 1 aliphatic rings. The molecule has 3 rings (SSSR count). The van der Waals surface area contributed by atoms with Gasteiger partial charge in [-0.3, -0.25) is 19.7 Å². The highest BCUT2D eigenvalue weighted by atomic mass is 16.5. The molecule has 1 atom stereocenters. The topological polar surface area (TPSA) is 105 Å². The molecule has 0 radical (unpaired) electrons. The van der Waals surface area contributed by atoms with Gasteiger partial charge in [0, 0.05) is 24.3 Å². The van der Waals surface area contributed by atoms with Crippen molar-refractivity contribution in [3.8, 4) is 0 Å². The van der Waals surface area contributed by atoms with E-state index in [1.807, 2.05) is 57.2 Å². The highest BCUT2D eigenvalue weighted by Crippen LogP contribution is 2.26. The van der Waals surface area contributed by atoms with Gasteiger partial charge in [0.2, 0.25) is 5.91 Å². The number of aryl methyl sites for hydroxylation is 3. The molecule has 2 N–H and O–H groups in total. The fraction of sp³-hybridized carbons (Fsp3) is 0.304. The van der Waals surface area contributed by atoms with E-state index in [9.17, 15) is 19.2 Å². The zero-order valence-electron chi connectivity index (χ0n) is 17.7. The summed E-state index contributed by atoms with van der Waals surface area (Å²) in [5, 5.41) is 4.70. The van der Waals surface area contributed by atoms with Crippen LogP contribution in [0.2, 0.25) is 0 Å². The first kappa shape index (κ1) is 22.0. The molecule has 2 aromatic rings. The number of rotatable bonds is 5. The van der Waals surface area contributed by atoms with Crippen molar-refractivity contribution in [3.05, 3.63) is 59.2 Å². The molecule has 4 amide bonds. The summed E-state index contributed by atoms with van der Waals surface area (Å²) in [6.45, 7) is 5.31. The Morgan fingerprint density at radius 3 is 2.39 bits per heavy atom. The number of hydrogen-bond acceptors (Lipinski definition) is 5. The van der Waals surface area contributed by atoms with Crippen molar-refractivity contribution in [2.24, 2.45) is 5.92 Å². The molecule has 1 aliphatic heterocycles. The normalized spacial score (nSPS) is 15.5. The lowest BCUT2D eigenvalue weighted by Gasteiger charge is -2.16. The molecule has 8 nitrogen and oxygen atoms in total. The Morgan fingerprint density at radius 2 is 1.71 bits per heavy atom. The minimum atomic E-state index is -0.754. The maximum atomic E-state index is 12.3. The average molecular weight is 423 g/mol. The number of carbonyl (C=O) groups excluding carboxylic acids is 4. The molecule has 1 fully saturated rings. The van der Waals surface area contributed by atoms with Crippen LogP contribution >= 0.6 is 0 Å². The monoisotopic (exact) mass is 423 g/mol. The number of anilines is 2. The lowest BCUT2D eigenvalue weighted by atomic mass is 10.1. The van der Waals surface area contributed by atoms with Crippen LogP contribution in [0.5, 0.6) is 0 Å². The second kappa shape index (κ2) is 9.42. The van der Waals surface area contributed by atoms with Crippen molar-refractivity contribution >= 4 is 35.2 Å². The molecular formula is C23H25N3O5. The first-order valence-electron chi connectivity index (χ1n) is 9.94. The number of carbonyl (C=O) groups is 4. The number of esters is 1. The number of nitrogens with zero attached hydrogens (tertiary/aromatic N) is 1. The standard InChI is InChI=1S/C23H25N3O5/c1-14-4-7-18(8-5-14)26-12-17(11-21(26)28)22(29)31-13-20(27)25-23(30)24-19-9-6-15(2)10-16(19)3/h4-10,17H,11-13H2,1-3H3,(H2,24,25,27,30)/t17-/m1/s1. The van der Waals surface area contributed by atoms with Gasteiger partial charge >= 0.3 is 12.0 Å². The van der Waals surface area contributed by atoms with E-state index in [4.69, 9.17) is 4.74 Å². The van der Waals surface area contributed by atoms with E-state index < -0.39 is 30.4 Å². The van der Waals surface area contributed by atoms with Crippen LogP contribution in [0.25, 0.3) is 0 Å². The molecule has 0 unspecified atom stereocenters. The summed E-state index contributed by atoms with van der Waals surface area (Å²) >= 11 is 0. The highest BCUT2D eigenvalue weighted by Gasteiger charge is 2.36. The van der Waals surface area contributed by atoms with Gasteiger partial charge in [0.05, 0.1) is 5.92 Å². The van der Waals surface area contributed by atoms with Gasteiger partial charge in [-0.2, -0.15) is 0 Å². The zero-order chi connectivity index (χ0) is 22.5. The molecule has 31 heavy (non-hydrogen) atoms. The van der Waals surface area contributed by atoms with Gasteiger partial charge in [-0.05, 0) is 44.5 Å². The van der Waals surface area contributed by atoms with Crippen LogP contribution in [0.15, 0.2) is 42.5 Å². The Morgan fingerprint density at radius 1 is 1.03 bits per heavy atom. The molecule has 0 spiro atoms. The maximum absolute atomic E-state index is 12.3. The minimum Gasteiger partial charge on any atom is -0.455 e. The van der Waals surface area contributed by atoms with E-state index in [1.54, 1.807) is 6.07 Å². The molecular weight excluding hydrogens is 398 g/mol. The van der Waals surface area contributed by atoms with Crippen molar-refractivity contribution < 1.29 is 23.9 Å². The van der Waals surface area contributed by atoms with Crippen LogP contribution in [0.3, 0.4) is 0 Å². The molecule has 2 aromatic carbocycles. The van der Waals surface area contributed by atoms with Crippen molar-refractivity contribution in [2.75, 3.05) is 23.4 Å². The average Bonchev–Trinajstić information content (AvgIpc) is 3.10. The number of hydrogen-bond donors (Lipinski definition) is 2. The summed E-state index contributed by atoms with van der Waals surface area (Å²) < 4.78 is 5.02. The molecule has 8 heteroatoms. The van der Waals surface area contributed by atoms with Gasteiger partial charge in [0.15, 0.2) is 6.61 Å². The minimum absolute atomic E-state index is 0.0154. The third kappa shape index (κ3) is 5.69. The maximum Gasteiger partial charge on any atom is 0.325 e. The van der Waals surface area contributed by atoms with Crippen molar-refractivity contribution in [1.82, 2.24) is 5.32 Å². The Hall–Kier alpha value is -3.68. The van der Waals surface area contributed by atoms with E-state index in [0.717, 1.165) is 16.7 Å². The molecule has 1 saturated heterocycles. The van der Waals surface area contributed by atoms with Gasteiger partial charge in [-0.15, -0.1) is 0 Å². The van der Waals surface area contributed by atoms with Crippen LogP contribution in [0, 0.1) is 26.7 Å². The predicted octanol–water partition coefficient (Wildman–Crippen LogP) is 2.86. The number of ether oxygens (including phenoxy) is 1. The number of imide groups is 1. The van der Waals surface area contributed by atoms with E-state index in [1.165, 1.54) is 4.90 Å². The van der Waals surface area contributed by atoms with E-state index in [-0.39, 0.29) is 18.9 Å². The summed E-state index contributed by atoms with van der Waals surface area (Å²) in [7, 11) is 0. The predicted molar refractivity (Wildman–Crippen MR) is 116 cm³/mol. The first-order valence-corrected chi connectivity index (χ1v) is 9.94. The van der Waals surface area contributed by atoms with Gasteiger partial charge in [0.1, 0.15) is 0 Å². The van der Waals surface area contributed by atoms with Gasteiger partial charge in [0.25, 0.3) is 5.91 Å². The van der Waals surface area contributed by atoms with E-state index >= 15 is 0 Å². The molecule has 0 bridgehead atoms. The van der Waals surface area contributed by atoms with Crippen molar-refractivity contribution in [2.45, 2.75) is 27.2 Å². The van der Waals surface area contributed by atoms with Gasteiger partial charge < -0.3 is 15.0 Å². The third-order valence-electron chi connectivity index (χ3n) is 5.03. The van der Waals surface area contributed by atoms with Gasteiger partial charge in [-0.1, -0.05) is 35.4 Å². The second-order valence-electron chi connectivity index (χ2n) is 7.67. The van der Waals surface area contributed by atoms with Crippen molar-refractivity contribution in [3.63, 3.8) is 0 Å². The molecule has 0 aromatic heterocycles. The number of amides is 4. The van der Waals surface area contributed by atoms with Crippen LogP contribution in [-0.2, 0) is 19.1 Å². The number of urea groups is 1. The third-order valence-corrected chi connectivity index (χ3v) is 5.03. The lowest BCUT2D eigenvalue weighted by Crippen LogP contribution is -2.38.